The van der Waals surface area contributed by atoms with E-state index in [4.69, 9.17) is 28.6 Å². The Bertz CT molecular complexity index is 1120. The summed E-state index contributed by atoms with van der Waals surface area (Å²) in [7, 11) is 0. The van der Waals surface area contributed by atoms with Gasteiger partial charge in [-0.25, -0.2) is 4.79 Å². The smallest absolute Gasteiger partial charge is 0.343 e. The van der Waals surface area contributed by atoms with E-state index < -0.39 is 5.97 Å². The number of rotatable bonds is 5. The molecule has 0 saturated carbocycles. The summed E-state index contributed by atoms with van der Waals surface area (Å²) in [6.07, 6.45) is 1.52. The predicted octanol–water partition coefficient (Wildman–Crippen LogP) is 5.95. The Balaban J connectivity index is 1.68. The minimum absolute atomic E-state index is 0.293. The highest BCUT2D eigenvalue weighted by Gasteiger charge is 2.11. The molecule has 2 N–H and O–H groups in total. The van der Waals surface area contributed by atoms with Crippen molar-refractivity contribution in [2.45, 2.75) is 6.92 Å². The first kappa shape index (κ1) is 22.0. The molecule has 0 aliphatic carbocycles. The summed E-state index contributed by atoms with van der Waals surface area (Å²) in [6.45, 7) is 1.92. The van der Waals surface area contributed by atoms with Gasteiger partial charge in [-0.15, -0.1) is 0 Å². The van der Waals surface area contributed by atoms with Crippen molar-refractivity contribution in [2.75, 3.05) is 5.32 Å². The summed E-state index contributed by atoms with van der Waals surface area (Å²) in [5, 5.41) is 8.00. The maximum atomic E-state index is 12.5. The van der Waals surface area contributed by atoms with E-state index in [0.29, 0.717) is 27.0 Å². The standard InChI is InChI=1S/C22H17BrClN3O2S/c1-14-4-2-5-15(10-14)21(28)29-20-9-8-17(23)11-16(20)13-25-27-22(30)26-19-7-3-6-18(24)12-19/h2-13H,1H3,(H2,26,27,30)/b25-13-. The normalized spacial score (nSPS) is 10.6. The summed E-state index contributed by atoms with van der Waals surface area (Å²) >= 11 is 14.6. The van der Waals surface area contributed by atoms with E-state index in [1.807, 2.05) is 31.2 Å². The Morgan fingerprint density at radius 1 is 1.13 bits per heavy atom. The van der Waals surface area contributed by atoms with Crippen molar-refractivity contribution < 1.29 is 9.53 Å². The molecule has 0 aliphatic rings. The van der Waals surface area contributed by atoms with Gasteiger partial charge < -0.3 is 10.1 Å². The lowest BCUT2D eigenvalue weighted by Gasteiger charge is -2.09. The van der Waals surface area contributed by atoms with Crippen molar-refractivity contribution in [1.82, 2.24) is 5.43 Å². The molecule has 0 atom stereocenters. The molecule has 30 heavy (non-hydrogen) atoms. The number of carbonyl (C=O) groups is 1. The molecule has 3 aromatic rings. The first-order chi connectivity index (χ1) is 14.4. The fourth-order valence-electron chi connectivity index (χ4n) is 2.53. The highest BCUT2D eigenvalue weighted by atomic mass is 79.9. The molecule has 8 heteroatoms. The van der Waals surface area contributed by atoms with Gasteiger partial charge in [0.2, 0.25) is 0 Å². The molecule has 0 amide bonds. The molecule has 0 unspecified atom stereocenters. The predicted molar refractivity (Wildman–Crippen MR) is 129 cm³/mol. The fourth-order valence-corrected chi connectivity index (χ4v) is 3.27. The number of esters is 1. The van der Waals surface area contributed by atoms with Crippen molar-refractivity contribution in [1.29, 1.82) is 0 Å². The first-order valence-electron chi connectivity index (χ1n) is 8.85. The van der Waals surface area contributed by atoms with Crippen LogP contribution in [0, 0.1) is 6.92 Å². The van der Waals surface area contributed by atoms with Crippen LogP contribution in [0.5, 0.6) is 5.75 Å². The number of nitrogens with zero attached hydrogens (tertiary/aromatic N) is 1. The fraction of sp³-hybridized carbons (Fsp3) is 0.0455. The number of benzene rings is 3. The largest absolute Gasteiger partial charge is 0.422 e. The second-order valence-electron chi connectivity index (χ2n) is 6.28. The maximum absolute atomic E-state index is 12.5. The molecule has 0 spiro atoms. The maximum Gasteiger partial charge on any atom is 0.343 e. The zero-order valence-corrected chi connectivity index (χ0v) is 19.0. The molecule has 0 heterocycles. The molecule has 3 aromatic carbocycles. The topological polar surface area (TPSA) is 62.7 Å². The van der Waals surface area contributed by atoms with Crippen LogP contribution in [0.1, 0.15) is 21.5 Å². The third kappa shape index (κ3) is 6.38. The molecule has 0 aromatic heterocycles. The molecule has 0 fully saturated rings. The molecule has 0 saturated heterocycles. The van der Waals surface area contributed by atoms with Crippen LogP contribution in [0.2, 0.25) is 5.02 Å². The molecule has 0 radical (unpaired) electrons. The third-order valence-electron chi connectivity index (χ3n) is 3.88. The molecule has 5 nitrogen and oxygen atoms in total. The number of nitrogens with one attached hydrogen (secondary N) is 2. The van der Waals surface area contributed by atoms with E-state index in [1.165, 1.54) is 6.21 Å². The number of thiocarbonyl (C=S) groups is 1. The summed E-state index contributed by atoms with van der Waals surface area (Å²) in [5.41, 5.74) is 5.53. The lowest BCUT2D eigenvalue weighted by molar-refractivity contribution is 0.0734. The van der Waals surface area contributed by atoms with Crippen LogP contribution < -0.4 is 15.5 Å². The molecule has 0 aliphatic heterocycles. The monoisotopic (exact) mass is 501 g/mol. The van der Waals surface area contributed by atoms with Gasteiger partial charge in [0.1, 0.15) is 5.75 Å². The molecular formula is C22H17BrClN3O2S. The van der Waals surface area contributed by atoms with Gasteiger partial charge in [-0.1, -0.05) is 51.3 Å². The number of halogens is 2. The van der Waals surface area contributed by atoms with Gasteiger partial charge in [0, 0.05) is 20.7 Å². The lowest BCUT2D eigenvalue weighted by atomic mass is 10.1. The van der Waals surface area contributed by atoms with Crippen LogP contribution in [0.4, 0.5) is 5.69 Å². The van der Waals surface area contributed by atoms with E-state index in [0.717, 1.165) is 15.7 Å². The number of aryl methyl sites for hydroxylation is 1. The van der Waals surface area contributed by atoms with Gasteiger partial charge in [-0.3, -0.25) is 5.43 Å². The van der Waals surface area contributed by atoms with Gasteiger partial charge in [-0.2, -0.15) is 5.10 Å². The Kier molecular flexibility index (Phi) is 7.57. The van der Waals surface area contributed by atoms with E-state index in [2.05, 4.69) is 31.8 Å². The molecule has 3 rings (SSSR count). The van der Waals surface area contributed by atoms with Gasteiger partial charge in [0.25, 0.3) is 0 Å². The zero-order chi connectivity index (χ0) is 21.5. The van der Waals surface area contributed by atoms with Crippen molar-refractivity contribution >= 4 is 62.7 Å². The number of ether oxygens (including phenoxy) is 1. The van der Waals surface area contributed by atoms with Crippen LogP contribution in [0.3, 0.4) is 0 Å². The number of hydrazone groups is 1. The zero-order valence-electron chi connectivity index (χ0n) is 15.9. The highest BCUT2D eigenvalue weighted by molar-refractivity contribution is 9.10. The minimum atomic E-state index is -0.443. The Morgan fingerprint density at radius 3 is 2.70 bits per heavy atom. The molecule has 0 bridgehead atoms. The van der Waals surface area contributed by atoms with Crippen LogP contribution in [-0.2, 0) is 0 Å². The number of hydrogen-bond donors (Lipinski definition) is 2. The summed E-state index contributed by atoms with van der Waals surface area (Å²) in [6, 6.07) is 19.7. The van der Waals surface area contributed by atoms with Crippen molar-refractivity contribution in [3.63, 3.8) is 0 Å². The lowest BCUT2D eigenvalue weighted by Crippen LogP contribution is -2.23. The molecule has 152 valence electrons. The average Bonchev–Trinajstić information content (AvgIpc) is 2.70. The van der Waals surface area contributed by atoms with E-state index >= 15 is 0 Å². The average molecular weight is 503 g/mol. The van der Waals surface area contributed by atoms with Gasteiger partial charge in [0.05, 0.1) is 11.8 Å². The summed E-state index contributed by atoms with van der Waals surface area (Å²) in [4.78, 5) is 12.5. The second-order valence-corrected chi connectivity index (χ2v) is 8.04. The molecular weight excluding hydrogens is 486 g/mol. The minimum Gasteiger partial charge on any atom is -0.422 e. The Morgan fingerprint density at radius 2 is 1.93 bits per heavy atom. The number of carbonyl (C=O) groups excluding carboxylic acids is 1. The van der Waals surface area contributed by atoms with Crippen LogP contribution in [0.15, 0.2) is 76.3 Å². The highest BCUT2D eigenvalue weighted by Crippen LogP contribution is 2.23. The van der Waals surface area contributed by atoms with Crippen molar-refractivity contribution in [3.05, 3.63) is 92.9 Å². The van der Waals surface area contributed by atoms with Crippen LogP contribution in [-0.4, -0.2) is 17.3 Å². The van der Waals surface area contributed by atoms with Crippen LogP contribution >= 0.6 is 39.7 Å². The van der Waals surface area contributed by atoms with Crippen molar-refractivity contribution in [3.8, 4) is 5.75 Å². The summed E-state index contributed by atoms with van der Waals surface area (Å²) < 4.78 is 6.38. The number of hydrogen-bond acceptors (Lipinski definition) is 4. The van der Waals surface area contributed by atoms with Gasteiger partial charge in [0.15, 0.2) is 5.11 Å². The first-order valence-corrected chi connectivity index (χ1v) is 10.4. The van der Waals surface area contributed by atoms with Gasteiger partial charge in [-0.05, 0) is 67.7 Å². The Labute approximate surface area is 193 Å². The van der Waals surface area contributed by atoms with E-state index in [9.17, 15) is 4.79 Å². The van der Waals surface area contributed by atoms with Crippen LogP contribution in [0.25, 0.3) is 0 Å². The second kappa shape index (κ2) is 10.3. The Hall–Kier alpha value is -2.74. The number of anilines is 1. The summed E-state index contributed by atoms with van der Waals surface area (Å²) in [5.74, 6) is -0.0641. The quantitative estimate of drug-likeness (QED) is 0.148. The van der Waals surface area contributed by atoms with Crippen molar-refractivity contribution in [2.24, 2.45) is 5.10 Å². The van der Waals surface area contributed by atoms with E-state index in [-0.39, 0.29) is 0 Å². The SMILES string of the molecule is Cc1cccc(C(=O)Oc2ccc(Br)cc2/C=N\NC(=S)Nc2cccc(Cl)c2)c1. The third-order valence-corrected chi connectivity index (χ3v) is 4.80. The van der Waals surface area contributed by atoms with E-state index in [1.54, 1.807) is 42.5 Å². The van der Waals surface area contributed by atoms with Gasteiger partial charge >= 0.3 is 5.97 Å².